The minimum atomic E-state index is -4.58. The summed E-state index contributed by atoms with van der Waals surface area (Å²) >= 11 is -4.58. The van der Waals surface area contributed by atoms with Gasteiger partial charge in [0.05, 0.1) is 0 Å². The average molecular weight is 535 g/mol. The Morgan fingerprint density at radius 2 is 0.731 bits per heavy atom. The second-order valence-electron chi connectivity index (χ2n) is 6.23. The van der Waals surface area contributed by atoms with Gasteiger partial charge >= 0.3 is 165 Å². The average Bonchev–Trinajstić information content (AvgIpc) is 2.61. The van der Waals surface area contributed by atoms with Gasteiger partial charge in [-0.05, 0) is 0 Å². The van der Waals surface area contributed by atoms with Crippen LogP contribution in [0.3, 0.4) is 0 Å². The summed E-state index contributed by atoms with van der Waals surface area (Å²) in [6, 6.07) is 23.1. The number of hydrogen-bond donors (Lipinski definition) is 0. The van der Waals surface area contributed by atoms with Crippen LogP contribution in [0.5, 0.6) is 17.2 Å². The van der Waals surface area contributed by atoms with Crippen molar-refractivity contribution in [3.8, 4) is 17.2 Å². The zero-order valence-corrected chi connectivity index (χ0v) is 19.4. The normalized spacial score (nSPS) is 11.1. The first kappa shape index (κ1) is 19.0. The van der Waals surface area contributed by atoms with Crippen molar-refractivity contribution in [1.29, 1.82) is 0 Å². The van der Waals surface area contributed by atoms with Crippen molar-refractivity contribution >= 4 is 8.58 Å². The van der Waals surface area contributed by atoms with Crippen LogP contribution >= 0.6 is 8.58 Å². The fourth-order valence-corrected chi connectivity index (χ4v) is 9.44. The fourth-order valence-electron chi connectivity index (χ4n) is 2.30. The van der Waals surface area contributed by atoms with Gasteiger partial charge < -0.3 is 0 Å². The molecule has 0 aliphatic heterocycles. The summed E-state index contributed by atoms with van der Waals surface area (Å²) in [6.07, 6.45) is 0. The zero-order valence-electron chi connectivity index (χ0n) is 15.0. The molecule has 0 unspecified atom stereocenters. The molecule has 0 spiro atoms. The molecule has 5 heteroatoms. The van der Waals surface area contributed by atoms with Crippen molar-refractivity contribution in [3.63, 3.8) is 0 Å². The zero-order chi connectivity index (χ0) is 18.6. The standard InChI is InChI=1S/3C7H8O.ClH.Hf/c3*1-6-2-4-7(8)5-3-6;;/h3*2-5,8H,1H3;1H;/q;;;;+4/p-4. The van der Waals surface area contributed by atoms with E-state index in [2.05, 4.69) is 0 Å². The SMILES string of the molecule is Cc1ccc([O][Hf]([Cl])([O]c2ccc(C)cc2)[O]c2ccc(C)cc2)cc1. The molecule has 134 valence electrons. The molecule has 0 radical (unpaired) electrons. The van der Waals surface area contributed by atoms with Crippen molar-refractivity contribution in [3.05, 3.63) is 89.5 Å². The van der Waals surface area contributed by atoms with Gasteiger partial charge in [-0.2, -0.15) is 0 Å². The van der Waals surface area contributed by atoms with Gasteiger partial charge in [-0.3, -0.25) is 0 Å². The molecule has 3 nitrogen and oxygen atoms in total. The molecule has 0 heterocycles. The van der Waals surface area contributed by atoms with E-state index in [9.17, 15) is 0 Å². The Morgan fingerprint density at radius 3 is 0.962 bits per heavy atom. The summed E-state index contributed by atoms with van der Waals surface area (Å²) in [6.45, 7) is 6.06. The molecule has 3 aromatic rings. The summed E-state index contributed by atoms with van der Waals surface area (Å²) in [5.74, 6) is 1.93. The molecule has 3 rings (SSSR count). The maximum atomic E-state index is 6.82. The summed E-state index contributed by atoms with van der Waals surface area (Å²) in [5, 5.41) is 0. The van der Waals surface area contributed by atoms with E-state index in [1.807, 2.05) is 93.6 Å². The maximum absolute atomic E-state index is 6.82. The molecule has 0 aromatic heterocycles. The molecule has 0 aliphatic carbocycles. The van der Waals surface area contributed by atoms with Crippen LogP contribution in [-0.2, 0) is 20.1 Å². The number of halogens is 1. The number of benzene rings is 3. The molecule has 0 amide bonds. The van der Waals surface area contributed by atoms with E-state index >= 15 is 0 Å². The van der Waals surface area contributed by atoms with Gasteiger partial charge in [-0.25, -0.2) is 0 Å². The minimum absolute atomic E-state index is 0.645. The Hall–Kier alpha value is -1.78. The van der Waals surface area contributed by atoms with Gasteiger partial charge in [0.2, 0.25) is 0 Å². The van der Waals surface area contributed by atoms with Crippen LogP contribution in [0.25, 0.3) is 0 Å². The van der Waals surface area contributed by atoms with Crippen LogP contribution in [0.4, 0.5) is 0 Å². The first-order chi connectivity index (χ1) is 12.4. The van der Waals surface area contributed by atoms with Gasteiger partial charge in [0.1, 0.15) is 0 Å². The Kier molecular flexibility index (Phi) is 6.05. The molecule has 3 aromatic carbocycles. The van der Waals surface area contributed by atoms with E-state index in [-0.39, 0.29) is 0 Å². The molecule has 0 aliphatic rings. The number of rotatable bonds is 6. The monoisotopic (exact) mass is 536 g/mol. The predicted octanol–water partition coefficient (Wildman–Crippen LogP) is 6.20. The first-order valence-electron chi connectivity index (χ1n) is 8.38. The van der Waals surface area contributed by atoms with E-state index in [0.717, 1.165) is 16.7 Å². The van der Waals surface area contributed by atoms with Crippen LogP contribution in [-0.4, -0.2) is 0 Å². The molecule has 26 heavy (non-hydrogen) atoms. The van der Waals surface area contributed by atoms with E-state index in [4.69, 9.17) is 17.1 Å². The van der Waals surface area contributed by atoms with Crippen molar-refractivity contribution in [1.82, 2.24) is 0 Å². The molecular weight excluding hydrogens is 514 g/mol. The van der Waals surface area contributed by atoms with Crippen LogP contribution < -0.4 is 8.56 Å². The van der Waals surface area contributed by atoms with Crippen molar-refractivity contribution in [2.45, 2.75) is 20.8 Å². The molecule has 0 saturated carbocycles. The van der Waals surface area contributed by atoms with Crippen molar-refractivity contribution < 1.29 is 28.7 Å². The van der Waals surface area contributed by atoms with Crippen LogP contribution in [0.2, 0.25) is 0 Å². The van der Waals surface area contributed by atoms with Gasteiger partial charge in [0.25, 0.3) is 0 Å². The van der Waals surface area contributed by atoms with E-state index < -0.39 is 20.1 Å². The van der Waals surface area contributed by atoms with Crippen LogP contribution in [0.15, 0.2) is 72.8 Å². The van der Waals surface area contributed by atoms with E-state index in [0.29, 0.717) is 17.2 Å². The third-order valence-corrected chi connectivity index (χ3v) is 10.8. The van der Waals surface area contributed by atoms with E-state index in [1.165, 1.54) is 0 Å². The Bertz CT molecular complexity index is 730. The van der Waals surface area contributed by atoms with Crippen LogP contribution in [0, 0.1) is 20.8 Å². The predicted molar refractivity (Wildman–Crippen MR) is 101 cm³/mol. The fraction of sp³-hybridized carbons (Fsp3) is 0.143. The Morgan fingerprint density at radius 1 is 0.500 bits per heavy atom. The summed E-state index contributed by atoms with van der Waals surface area (Å²) < 4.78 is 18.2. The molecular formula is C21H21ClHfO3. The van der Waals surface area contributed by atoms with Gasteiger partial charge in [-0.1, -0.05) is 0 Å². The Balaban J connectivity index is 1.86. The first-order valence-corrected chi connectivity index (χ1v) is 17.2. The number of aryl methyl sites for hydroxylation is 3. The van der Waals surface area contributed by atoms with Crippen LogP contribution in [0.1, 0.15) is 16.7 Å². The van der Waals surface area contributed by atoms with Crippen molar-refractivity contribution in [2.75, 3.05) is 0 Å². The third-order valence-electron chi connectivity index (χ3n) is 3.78. The van der Waals surface area contributed by atoms with Gasteiger partial charge in [-0.15, -0.1) is 0 Å². The second kappa shape index (κ2) is 8.28. The van der Waals surface area contributed by atoms with Gasteiger partial charge in [0.15, 0.2) is 0 Å². The molecule has 0 bridgehead atoms. The summed E-state index contributed by atoms with van der Waals surface area (Å²) in [4.78, 5) is 0. The number of hydrogen-bond acceptors (Lipinski definition) is 3. The van der Waals surface area contributed by atoms with E-state index in [1.54, 1.807) is 0 Å². The molecule has 0 saturated heterocycles. The summed E-state index contributed by atoms with van der Waals surface area (Å²) in [7, 11) is 6.82. The molecule has 0 N–H and O–H groups in total. The van der Waals surface area contributed by atoms with Gasteiger partial charge in [0, 0.05) is 0 Å². The second-order valence-corrected chi connectivity index (χ2v) is 15.7. The van der Waals surface area contributed by atoms with Crippen molar-refractivity contribution in [2.24, 2.45) is 0 Å². The summed E-state index contributed by atoms with van der Waals surface area (Å²) in [5.41, 5.74) is 3.44. The molecule has 0 fully saturated rings. The quantitative estimate of drug-likeness (QED) is 0.352. The molecule has 0 atom stereocenters. The Labute approximate surface area is 164 Å². The third kappa shape index (κ3) is 5.36. The topological polar surface area (TPSA) is 27.7 Å².